The Morgan fingerprint density at radius 3 is 2.14 bits per heavy atom. The molecule has 2 amide bonds. The van der Waals surface area contributed by atoms with Crippen molar-refractivity contribution in [2.45, 2.75) is 52.3 Å². The van der Waals surface area contributed by atoms with Gasteiger partial charge in [-0.3, -0.25) is 9.69 Å². The van der Waals surface area contributed by atoms with E-state index in [4.69, 9.17) is 4.74 Å². The van der Waals surface area contributed by atoms with Crippen LogP contribution in [-0.4, -0.2) is 35.0 Å². The van der Waals surface area contributed by atoms with Crippen molar-refractivity contribution in [3.8, 4) is 0 Å². The standard InChI is InChI=1S/C17H26N2O3/c1-16(2,3)18-14(20)17(4,5)19(6)15(21)22-12-13-10-8-7-9-11-13/h7-11H,12H2,1-6H3,(H,18,20). The van der Waals surface area contributed by atoms with Crippen LogP contribution in [0.4, 0.5) is 4.79 Å². The molecule has 22 heavy (non-hydrogen) atoms. The Labute approximate surface area is 132 Å². The summed E-state index contributed by atoms with van der Waals surface area (Å²) in [6, 6.07) is 9.42. The number of rotatable bonds is 4. The van der Waals surface area contributed by atoms with E-state index in [2.05, 4.69) is 5.32 Å². The summed E-state index contributed by atoms with van der Waals surface area (Å²) in [5.74, 6) is -0.223. The van der Waals surface area contributed by atoms with Gasteiger partial charge >= 0.3 is 6.09 Å². The molecule has 0 radical (unpaired) electrons. The van der Waals surface area contributed by atoms with E-state index in [-0.39, 0.29) is 18.1 Å². The summed E-state index contributed by atoms with van der Waals surface area (Å²) in [4.78, 5) is 25.8. The third-order valence-corrected chi connectivity index (χ3v) is 3.36. The fourth-order valence-corrected chi connectivity index (χ4v) is 1.69. The topological polar surface area (TPSA) is 58.6 Å². The highest BCUT2D eigenvalue weighted by Gasteiger charge is 2.37. The number of nitrogens with one attached hydrogen (secondary N) is 1. The number of amides is 2. The van der Waals surface area contributed by atoms with Crippen LogP contribution in [0.2, 0.25) is 0 Å². The van der Waals surface area contributed by atoms with Gasteiger partial charge in [-0.25, -0.2) is 4.79 Å². The van der Waals surface area contributed by atoms with E-state index >= 15 is 0 Å². The smallest absolute Gasteiger partial charge is 0.410 e. The Morgan fingerprint density at radius 1 is 1.09 bits per heavy atom. The van der Waals surface area contributed by atoms with E-state index in [0.717, 1.165) is 5.56 Å². The Hall–Kier alpha value is -2.04. The zero-order valence-corrected chi connectivity index (χ0v) is 14.3. The van der Waals surface area contributed by atoms with Crippen molar-refractivity contribution in [2.75, 3.05) is 7.05 Å². The minimum absolute atomic E-state index is 0.182. The number of nitrogens with zero attached hydrogens (tertiary/aromatic N) is 1. The maximum atomic E-state index is 12.3. The molecule has 0 atom stereocenters. The van der Waals surface area contributed by atoms with Gasteiger partial charge in [-0.2, -0.15) is 0 Å². The molecule has 0 bridgehead atoms. The summed E-state index contributed by atoms with van der Waals surface area (Å²) in [5.41, 5.74) is -0.453. The van der Waals surface area contributed by atoms with Crippen molar-refractivity contribution in [3.63, 3.8) is 0 Å². The van der Waals surface area contributed by atoms with E-state index in [0.29, 0.717) is 0 Å². The van der Waals surface area contributed by atoms with Gasteiger partial charge in [0.05, 0.1) is 0 Å². The van der Waals surface area contributed by atoms with Gasteiger partial charge in [0.1, 0.15) is 12.1 Å². The SMILES string of the molecule is CN(C(=O)OCc1ccccc1)C(C)(C)C(=O)NC(C)(C)C. The second-order valence-electron chi connectivity index (χ2n) is 6.86. The van der Waals surface area contributed by atoms with Crippen LogP contribution in [0.3, 0.4) is 0 Å². The van der Waals surface area contributed by atoms with Gasteiger partial charge in [0.2, 0.25) is 5.91 Å². The predicted molar refractivity (Wildman–Crippen MR) is 86.4 cm³/mol. The van der Waals surface area contributed by atoms with Crippen LogP contribution in [0.1, 0.15) is 40.2 Å². The molecule has 1 rings (SSSR count). The van der Waals surface area contributed by atoms with Crippen molar-refractivity contribution in [1.82, 2.24) is 10.2 Å². The van der Waals surface area contributed by atoms with Crippen molar-refractivity contribution < 1.29 is 14.3 Å². The van der Waals surface area contributed by atoms with E-state index in [9.17, 15) is 9.59 Å². The van der Waals surface area contributed by atoms with Crippen LogP contribution in [0.25, 0.3) is 0 Å². The molecule has 0 heterocycles. The van der Waals surface area contributed by atoms with Gasteiger partial charge in [-0.05, 0) is 40.2 Å². The van der Waals surface area contributed by atoms with Crippen LogP contribution in [0.5, 0.6) is 0 Å². The average Bonchev–Trinajstić information content (AvgIpc) is 2.43. The molecule has 0 saturated carbocycles. The van der Waals surface area contributed by atoms with Gasteiger partial charge in [0, 0.05) is 12.6 Å². The quantitative estimate of drug-likeness (QED) is 0.930. The maximum absolute atomic E-state index is 12.3. The van der Waals surface area contributed by atoms with E-state index < -0.39 is 11.6 Å². The van der Waals surface area contributed by atoms with Crippen LogP contribution in [0.15, 0.2) is 30.3 Å². The van der Waals surface area contributed by atoms with Crippen molar-refractivity contribution in [2.24, 2.45) is 0 Å². The Bertz CT molecular complexity index is 518. The molecule has 0 aromatic heterocycles. The zero-order chi connectivity index (χ0) is 17.0. The lowest BCUT2D eigenvalue weighted by atomic mass is 10.00. The highest BCUT2D eigenvalue weighted by Crippen LogP contribution is 2.16. The molecular weight excluding hydrogens is 280 g/mol. The normalized spacial score (nSPS) is 11.7. The summed E-state index contributed by atoms with van der Waals surface area (Å²) in [5, 5.41) is 2.88. The van der Waals surface area contributed by atoms with Crippen LogP contribution in [0, 0.1) is 0 Å². The van der Waals surface area contributed by atoms with Crippen molar-refractivity contribution in [3.05, 3.63) is 35.9 Å². The van der Waals surface area contributed by atoms with E-state index in [1.807, 2.05) is 51.1 Å². The fourth-order valence-electron chi connectivity index (χ4n) is 1.69. The molecule has 1 aromatic carbocycles. The van der Waals surface area contributed by atoms with Crippen LogP contribution in [-0.2, 0) is 16.1 Å². The number of ether oxygens (including phenoxy) is 1. The summed E-state index contributed by atoms with van der Waals surface area (Å²) < 4.78 is 5.26. The first-order valence-electron chi connectivity index (χ1n) is 7.31. The second kappa shape index (κ2) is 6.81. The number of likely N-dealkylation sites (N-methyl/N-ethyl adjacent to an activating group) is 1. The Balaban J connectivity index is 2.66. The Kier molecular flexibility index (Phi) is 5.58. The minimum Gasteiger partial charge on any atom is -0.445 e. The third kappa shape index (κ3) is 5.06. The summed E-state index contributed by atoms with van der Waals surface area (Å²) in [6.07, 6.45) is -0.530. The predicted octanol–water partition coefficient (Wildman–Crippen LogP) is 2.95. The lowest BCUT2D eigenvalue weighted by Gasteiger charge is -2.36. The summed E-state index contributed by atoms with van der Waals surface area (Å²) in [7, 11) is 1.57. The molecule has 1 N–H and O–H groups in total. The van der Waals surface area contributed by atoms with Crippen molar-refractivity contribution in [1.29, 1.82) is 0 Å². The monoisotopic (exact) mass is 306 g/mol. The highest BCUT2D eigenvalue weighted by atomic mass is 16.6. The molecule has 0 aliphatic carbocycles. The molecule has 0 spiro atoms. The fraction of sp³-hybridized carbons (Fsp3) is 0.529. The number of carbonyl (C=O) groups is 2. The molecule has 1 aromatic rings. The molecule has 0 aliphatic rings. The molecule has 0 saturated heterocycles. The zero-order valence-electron chi connectivity index (χ0n) is 14.3. The van der Waals surface area contributed by atoms with Crippen LogP contribution >= 0.6 is 0 Å². The van der Waals surface area contributed by atoms with E-state index in [1.165, 1.54) is 4.90 Å². The van der Waals surface area contributed by atoms with Gasteiger partial charge in [-0.15, -0.1) is 0 Å². The lowest BCUT2D eigenvalue weighted by Crippen LogP contribution is -2.58. The minimum atomic E-state index is -0.999. The first kappa shape index (κ1) is 18.0. The number of hydrogen-bond donors (Lipinski definition) is 1. The second-order valence-corrected chi connectivity index (χ2v) is 6.86. The van der Waals surface area contributed by atoms with Gasteiger partial charge in [0.15, 0.2) is 0 Å². The van der Waals surface area contributed by atoms with Gasteiger partial charge < -0.3 is 10.1 Å². The van der Waals surface area contributed by atoms with Crippen LogP contribution < -0.4 is 5.32 Å². The molecule has 0 aliphatic heterocycles. The molecule has 0 unspecified atom stereocenters. The van der Waals surface area contributed by atoms with E-state index in [1.54, 1.807) is 20.9 Å². The van der Waals surface area contributed by atoms with Gasteiger partial charge in [-0.1, -0.05) is 30.3 Å². The molecule has 0 fully saturated rings. The molecule has 122 valence electrons. The summed E-state index contributed by atoms with van der Waals surface area (Å²) >= 11 is 0. The summed E-state index contributed by atoms with van der Waals surface area (Å²) in [6.45, 7) is 9.26. The number of carbonyl (C=O) groups excluding carboxylic acids is 2. The molecule has 5 heteroatoms. The average molecular weight is 306 g/mol. The first-order valence-corrected chi connectivity index (χ1v) is 7.31. The third-order valence-electron chi connectivity index (χ3n) is 3.36. The lowest BCUT2D eigenvalue weighted by molar-refractivity contribution is -0.131. The molecular formula is C17H26N2O3. The number of hydrogen-bond acceptors (Lipinski definition) is 3. The van der Waals surface area contributed by atoms with Gasteiger partial charge in [0.25, 0.3) is 0 Å². The Morgan fingerprint density at radius 2 is 1.64 bits per heavy atom. The maximum Gasteiger partial charge on any atom is 0.410 e. The molecule has 5 nitrogen and oxygen atoms in total. The highest BCUT2D eigenvalue weighted by molar-refractivity contribution is 5.89. The van der Waals surface area contributed by atoms with Crippen molar-refractivity contribution >= 4 is 12.0 Å². The number of benzene rings is 1. The first-order chi connectivity index (χ1) is 10.0. The largest absolute Gasteiger partial charge is 0.445 e.